The van der Waals surface area contributed by atoms with Crippen LogP contribution in [0.1, 0.15) is 213 Å². The average Bonchev–Trinajstić information content (AvgIpc) is 3.19. The van der Waals surface area contributed by atoms with E-state index in [1.54, 1.807) is 6.08 Å². The topological polar surface area (TPSA) is 69.6 Å². The molecule has 2 unspecified atom stereocenters. The first kappa shape index (κ1) is 52.6. The number of nitrogens with one attached hydrogen (secondary N) is 1. The predicted molar refractivity (Wildman–Crippen MR) is 243 cm³/mol. The summed E-state index contributed by atoms with van der Waals surface area (Å²) in [5.74, 6) is -0.160. The minimum atomic E-state index is -0.903. The van der Waals surface area contributed by atoms with Gasteiger partial charge in [0.05, 0.1) is 18.8 Å². The highest BCUT2D eigenvalue weighted by Crippen LogP contribution is 2.15. The van der Waals surface area contributed by atoms with E-state index in [4.69, 9.17) is 0 Å². The molecule has 0 rings (SSSR count). The smallest absolute Gasteiger partial charge is 0.220 e. The number of unbranched alkanes of at least 4 members (excludes halogenated alkanes) is 22. The quantitative estimate of drug-likeness (QED) is 0.0429. The molecule has 0 aliphatic heterocycles. The van der Waals surface area contributed by atoms with Gasteiger partial charge in [0.1, 0.15) is 0 Å². The molecule has 0 aliphatic carbocycles. The molecule has 0 radical (unpaired) electrons. The monoisotopic (exact) mass is 764 g/mol. The number of carbonyl (C=O) groups is 1. The van der Waals surface area contributed by atoms with Gasteiger partial charge < -0.3 is 15.5 Å². The van der Waals surface area contributed by atoms with Crippen LogP contribution in [0.25, 0.3) is 0 Å². The summed E-state index contributed by atoms with van der Waals surface area (Å²) < 4.78 is 0. The van der Waals surface area contributed by atoms with E-state index in [0.29, 0.717) is 12.8 Å². The molecule has 0 saturated carbocycles. The van der Waals surface area contributed by atoms with Crippen molar-refractivity contribution < 1.29 is 15.0 Å². The Bertz CT molecular complexity index is 1000. The Balaban J connectivity index is 3.64. The van der Waals surface area contributed by atoms with Crippen molar-refractivity contribution in [2.75, 3.05) is 6.61 Å². The summed E-state index contributed by atoms with van der Waals surface area (Å²) >= 11 is 0. The van der Waals surface area contributed by atoms with Crippen LogP contribution >= 0.6 is 0 Å². The van der Waals surface area contributed by atoms with E-state index in [0.717, 1.165) is 51.4 Å². The van der Waals surface area contributed by atoms with Crippen LogP contribution in [0.5, 0.6) is 0 Å². The van der Waals surface area contributed by atoms with Crippen LogP contribution in [0.15, 0.2) is 85.1 Å². The van der Waals surface area contributed by atoms with Gasteiger partial charge in [0.15, 0.2) is 0 Å². The number of aliphatic hydroxyl groups excluding tert-OH is 2. The van der Waals surface area contributed by atoms with Gasteiger partial charge in [-0.3, -0.25) is 4.79 Å². The molecule has 0 aromatic heterocycles. The molecule has 0 spiro atoms. The van der Waals surface area contributed by atoms with Gasteiger partial charge in [-0.25, -0.2) is 0 Å². The highest BCUT2D eigenvalue weighted by Gasteiger charge is 2.17. The zero-order valence-electron chi connectivity index (χ0n) is 36.2. The summed E-state index contributed by atoms with van der Waals surface area (Å²) in [6.07, 6.45) is 67.4. The first-order valence-electron chi connectivity index (χ1n) is 23.3. The molecular weight excluding hydrogens is 675 g/mol. The zero-order valence-corrected chi connectivity index (χ0v) is 36.2. The molecule has 4 nitrogen and oxygen atoms in total. The summed E-state index contributed by atoms with van der Waals surface area (Å²) in [4.78, 5) is 12.3. The fourth-order valence-electron chi connectivity index (χ4n) is 6.57. The molecular formula is C51H89NO3. The van der Waals surface area contributed by atoms with Crippen molar-refractivity contribution >= 4 is 5.91 Å². The third-order valence-corrected chi connectivity index (χ3v) is 10.1. The van der Waals surface area contributed by atoms with Gasteiger partial charge in [0.2, 0.25) is 5.91 Å². The number of hydrogen-bond donors (Lipinski definition) is 3. The van der Waals surface area contributed by atoms with Gasteiger partial charge in [0.25, 0.3) is 0 Å². The lowest BCUT2D eigenvalue weighted by Gasteiger charge is -2.19. The molecule has 0 heterocycles. The molecule has 0 fully saturated rings. The Hall–Kier alpha value is -2.43. The second-order valence-corrected chi connectivity index (χ2v) is 15.4. The molecule has 0 aliphatic rings. The molecule has 4 heteroatoms. The number of amides is 1. The summed E-state index contributed by atoms with van der Waals surface area (Å²) in [5.41, 5.74) is 0. The van der Waals surface area contributed by atoms with E-state index in [1.165, 1.54) is 135 Å². The largest absolute Gasteiger partial charge is 0.394 e. The molecule has 0 aromatic rings. The number of rotatable bonds is 41. The Kier molecular flexibility index (Phi) is 43.9. The maximum atomic E-state index is 12.3. The molecule has 0 aromatic carbocycles. The van der Waals surface area contributed by atoms with Gasteiger partial charge in [-0.15, -0.1) is 0 Å². The van der Waals surface area contributed by atoms with Crippen LogP contribution < -0.4 is 5.32 Å². The SMILES string of the molecule is CC/C=C\C/C=C\C/C=C\C/C=C\CCC(=O)NC(CO)C(O)/C=C/CC/C=C/CC/C=C/CCCCCCCCCCCCCCCCCCCCCC. The summed E-state index contributed by atoms with van der Waals surface area (Å²) in [6.45, 7) is 4.14. The second-order valence-electron chi connectivity index (χ2n) is 15.4. The maximum absolute atomic E-state index is 12.3. The minimum absolute atomic E-state index is 0.160. The third-order valence-electron chi connectivity index (χ3n) is 10.1. The van der Waals surface area contributed by atoms with E-state index in [-0.39, 0.29) is 12.5 Å². The summed E-state index contributed by atoms with van der Waals surface area (Å²) in [5, 5.41) is 22.9. The van der Waals surface area contributed by atoms with Gasteiger partial charge >= 0.3 is 0 Å². The highest BCUT2D eigenvalue weighted by molar-refractivity contribution is 5.76. The lowest BCUT2D eigenvalue weighted by Crippen LogP contribution is -2.45. The first-order valence-corrected chi connectivity index (χ1v) is 23.3. The van der Waals surface area contributed by atoms with E-state index < -0.39 is 12.1 Å². The zero-order chi connectivity index (χ0) is 40.0. The van der Waals surface area contributed by atoms with Crippen molar-refractivity contribution in [3.63, 3.8) is 0 Å². The highest BCUT2D eigenvalue weighted by atomic mass is 16.3. The summed E-state index contributed by atoms with van der Waals surface area (Å²) in [6, 6.07) is -0.688. The Morgan fingerprint density at radius 2 is 0.818 bits per heavy atom. The average molecular weight is 764 g/mol. The van der Waals surface area contributed by atoms with E-state index in [1.807, 2.05) is 12.2 Å². The first-order chi connectivity index (χ1) is 27.2. The lowest BCUT2D eigenvalue weighted by molar-refractivity contribution is -0.122. The third kappa shape index (κ3) is 42.6. The van der Waals surface area contributed by atoms with Crippen molar-refractivity contribution in [1.29, 1.82) is 0 Å². The molecule has 316 valence electrons. The fraction of sp³-hybridized carbons (Fsp3) is 0.706. The molecule has 3 N–H and O–H groups in total. The standard InChI is InChI=1S/C51H89NO3/c1-3-5-7-9-11-13-15-17-18-19-20-21-22-23-24-25-26-27-28-29-30-31-32-33-35-36-38-40-42-44-46-50(54)49(48-53)52-51(55)47-45-43-41-39-37-34-16-14-12-10-8-6-4-2/h6,8,12,14,31-32,34,36-38,41,43-44,46,49-50,53-54H,3-5,7,9-11,13,15-30,33,35,39-40,42,45,47-48H2,1-2H3,(H,52,55)/b8-6-,14-12-,32-31+,37-34-,38-36+,43-41-,46-44+. The second kappa shape index (κ2) is 46.0. The number of hydrogen-bond acceptors (Lipinski definition) is 3. The number of allylic oxidation sites excluding steroid dienone is 13. The summed E-state index contributed by atoms with van der Waals surface area (Å²) in [7, 11) is 0. The van der Waals surface area contributed by atoms with Crippen LogP contribution in [0, 0.1) is 0 Å². The molecule has 2 atom stereocenters. The van der Waals surface area contributed by atoms with Crippen molar-refractivity contribution in [2.24, 2.45) is 0 Å². The predicted octanol–water partition coefficient (Wildman–Crippen LogP) is 14.9. The number of aliphatic hydroxyl groups is 2. The van der Waals surface area contributed by atoms with Crippen LogP contribution in [0.4, 0.5) is 0 Å². The normalized spacial score (nSPS) is 13.7. The van der Waals surface area contributed by atoms with Gasteiger partial charge in [-0.1, -0.05) is 221 Å². The van der Waals surface area contributed by atoms with Crippen molar-refractivity contribution in [3.05, 3.63) is 85.1 Å². The maximum Gasteiger partial charge on any atom is 0.220 e. The number of carbonyl (C=O) groups excluding carboxylic acids is 1. The van der Waals surface area contributed by atoms with E-state index >= 15 is 0 Å². The molecule has 0 bridgehead atoms. The van der Waals surface area contributed by atoms with E-state index in [9.17, 15) is 15.0 Å². The van der Waals surface area contributed by atoms with Crippen molar-refractivity contribution in [2.45, 2.75) is 225 Å². The Labute approximate surface area is 341 Å². The van der Waals surface area contributed by atoms with Gasteiger partial charge in [0, 0.05) is 6.42 Å². The van der Waals surface area contributed by atoms with Gasteiger partial charge in [-0.05, 0) is 70.6 Å². The van der Waals surface area contributed by atoms with Crippen molar-refractivity contribution in [1.82, 2.24) is 5.32 Å². The van der Waals surface area contributed by atoms with Gasteiger partial charge in [-0.2, -0.15) is 0 Å². The van der Waals surface area contributed by atoms with Crippen LogP contribution in [0.2, 0.25) is 0 Å². The lowest BCUT2D eigenvalue weighted by atomic mass is 10.0. The van der Waals surface area contributed by atoms with Crippen LogP contribution in [-0.4, -0.2) is 34.9 Å². The molecule has 1 amide bonds. The molecule has 55 heavy (non-hydrogen) atoms. The fourth-order valence-corrected chi connectivity index (χ4v) is 6.57. The van der Waals surface area contributed by atoms with Crippen LogP contribution in [-0.2, 0) is 4.79 Å². The van der Waals surface area contributed by atoms with E-state index in [2.05, 4.69) is 86.0 Å². The Morgan fingerprint density at radius 1 is 0.455 bits per heavy atom. The van der Waals surface area contributed by atoms with Crippen molar-refractivity contribution in [3.8, 4) is 0 Å². The minimum Gasteiger partial charge on any atom is -0.394 e. The Morgan fingerprint density at radius 3 is 1.25 bits per heavy atom. The molecule has 0 saturated heterocycles. The van der Waals surface area contributed by atoms with Crippen LogP contribution in [0.3, 0.4) is 0 Å².